The molecule has 0 aromatic heterocycles. The predicted octanol–water partition coefficient (Wildman–Crippen LogP) is 3.13. The van der Waals surface area contributed by atoms with E-state index in [1.807, 2.05) is 38.1 Å². The summed E-state index contributed by atoms with van der Waals surface area (Å²) in [5.41, 5.74) is 0.861. The summed E-state index contributed by atoms with van der Waals surface area (Å²) in [5.74, 6) is 0.988. The number of halogens is 1. The molecule has 0 amide bonds. The van der Waals surface area contributed by atoms with Crippen molar-refractivity contribution in [2.24, 2.45) is 11.8 Å². The summed E-state index contributed by atoms with van der Waals surface area (Å²) in [4.78, 5) is 0. The molecule has 2 N–H and O–H groups in total. The van der Waals surface area contributed by atoms with E-state index in [9.17, 15) is 10.2 Å². The Kier molecular flexibility index (Phi) is 5.30. The Balaban J connectivity index is 1.95. The highest BCUT2D eigenvalue weighted by atomic mass is 35.5. The summed E-state index contributed by atoms with van der Waals surface area (Å²) < 4.78 is 5.75. The van der Waals surface area contributed by atoms with Crippen LogP contribution < -0.4 is 4.74 Å². The van der Waals surface area contributed by atoms with Crippen molar-refractivity contribution < 1.29 is 14.9 Å². The van der Waals surface area contributed by atoms with Gasteiger partial charge in [-0.05, 0) is 36.5 Å². The minimum absolute atomic E-state index is 0.0488. The summed E-state index contributed by atoms with van der Waals surface area (Å²) in [7, 11) is 0. The molecule has 3 nitrogen and oxygen atoms in total. The molecule has 1 fully saturated rings. The van der Waals surface area contributed by atoms with Crippen LogP contribution in [0.5, 0.6) is 5.75 Å². The molecule has 1 aromatic rings. The van der Waals surface area contributed by atoms with Gasteiger partial charge in [-0.1, -0.05) is 26.0 Å². The highest BCUT2D eigenvalue weighted by molar-refractivity contribution is 6.20. The lowest BCUT2D eigenvalue weighted by Gasteiger charge is -2.18. The van der Waals surface area contributed by atoms with Gasteiger partial charge in [0.05, 0.1) is 18.8 Å². The summed E-state index contributed by atoms with van der Waals surface area (Å²) in [5, 5.41) is 20.0. The number of aliphatic hydroxyl groups is 2. The Hall–Kier alpha value is -0.770. The largest absolute Gasteiger partial charge is 0.493 e. The molecule has 0 saturated heterocycles. The van der Waals surface area contributed by atoms with Crippen molar-refractivity contribution in [3.05, 3.63) is 29.8 Å². The van der Waals surface area contributed by atoms with Gasteiger partial charge in [0, 0.05) is 11.3 Å². The van der Waals surface area contributed by atoms with Crippen LogP contribution in [0.4, 0.5) is 0 Å². The molecule has 112 valence electrons. The number of alkyl halides is 1. The molecular formula is C16H23ClO3. The van der Waals surface area contributed by atoms with Crippen molar-refractivity contribution in [3.63, 3.8) is 0 Å². The van der Waals surface area contributed by atoms with Gasteiger partial charge in [-0.15, -0.1) is 11.6 Å². The average Bonchev–Trinajstić information content (AvgIpc) is 2.74. The van der Waals surface area contributed by atoms with Crippen LogP contribution in [0.2, 0.25) is 0 Å². The van der Waals surface area contributed by atoms with Crippen LogP contribution in [0.15, 0.2) is 24.3 Å². The van der Waals surface area contributed by atoms with Crippen LogP contribution in [0, 0.1) is 11.8 Å². The van der Waals surface area contributed by atoms with Gasteiger partial charge in [-0.2, -0.15) is 0 Å². The van der Waals surface area contributed by atoms with Crippen molar-refractivity contribution in [1.82, 2.24) is 0 Å². The van der Waals surface area contributed by atoms with Gasteiger partial charge in [-0.25, -0.2) is 0 Å². The van der Waals surface area contributed by atoms with Crippen molar-refractivity contribution in [1.29, 1.82) is 0 Å². The minimum atomic E-state index is -0.483. The van der Waals surface area contributed by atoms with E-state index in [0.29, 0.717) is 13.0 Å². The summed E-state index contributed by atoms with van der Waals surface area (Å²) in [6, 6.07) is 7.52. The van der Waals surface area contributed by atoms with Crippen LogP contribution >= 0.6 is 11.6 Å². The number of hydrogen-bond acceptors (Lipinski definition) is 3. The Morgan fingerprint density at radius 1 is 1.35 bits per heavy atom. The monoisotopic (exact) mass is 298 g/mol. The lowest BCUT2D eigenvalue weighted by molar-refractivity contribution is 0.0980. The molecule has 1 unspecified atom stereocenters. The summed E-state index contributed by atoms with van der Waals surface area (Å²) in [6.45, 7) is 4.42. The average molecular weight is 299 g/mol. The number of rotatable bonds is 5. The van der Waals surface area contributed by atoms with Gasteiger partial charge in [-0.3, -0.25) is 0 Å². The van der Waals surface area contributed by atoms with E-state index in [1.165, 1.54) is 0 Å². The van der Waals surface area contributed by atoms with E-state index in [4.69, 9.17) is 16.3 Å². The maximum atomic E-state index is 10.1. The zero-order valence-electron chi connectivity index (χ0n) is 12.0. The van der Waals surface area contributed by atoms with E-state index in [2.05, 4.69) is 0 Å². The smallest absolute Gasteiger partial charge is 0.119 e. The zero-order valence-corrected chi connectivity index (χ0v) is 12.8. The van der Waals surface area contributed by atoms with Gasteiger partial charge in [0.2, 0.25) is 0 Å². The molecule has 2 rings (SSSR count). The van der Waals surface area contributed by atoms with Gasteiger partial charge >= 0.3 is 0 Å². The van der Waals surface area contributed by atoms with Crippen LogP contribution in [0.25, 0.3) is 0 Å². The normalized spacial score (nSPS) is 27.8. The third-order valence-corrected chi connectivity index (χ3v) is 4.25. The highest BCUT2D eigenvalue weighted by Gasteiger charge is 2.32. The van der Waals surface area contributed by atoms with Crippen LogP contribution in [-0.4, -0.2) is 28.3 Å². The summed E-state index contributed by atoms with van der Waals surface area (Å²) in [6.07, 6.45) is 0.573. The highest BCUT2D eigenvalue weighted by Crippen LogP contribution is 2.31. The summed E-state index contributed by atoms with van der Waals surface area (Å²) >= 11 is 6.04. The SMILES string of the molecule is CC(C)C(O)c1cccc(OC[C@@H]2C[C@H](Cl)C[C@H]2O)c1. The van der Waals surface area contributed by atoms with Gasteiger partial charge in [0.25, 0.3) is 0 Å². The number of hydrogen-bond donors (Lipinski definition) is 2. The van der Waals surface area contributed by atoms with E-state index < -0.39 is 6.10 Å². The molecule has 0 bridgehead atoms. The Morgan fingerprint density at radius 2 is 2.10 bits per heavy atom. The first-order valence-electron chi connectivity index (χ1n) is 7.20. The predicted molar refractivity (Wildman–Crippen MR) is 80.1 cm³/mol. The van der Waals surface area contributed by atoms with Gasteiger partial charge in [0.15, 0.2) is 0 Å². The maximum absolute atomic E-state index is 10.1. The standard InChI is InChI=1S/C16H23ClO3/c1-10(2)16(19)11-4-3-5-14(7-11)20-9-12-6-13(17)8-15(12)18/h3-5,7,10,12-13,15-16,18-19H,6,8-9H2,1-2H3/t12-,13-,15+,16?/m0/s1. The first kappa shape index (κ1) is 15.6. The molecule has 0 aliphatic heterocycles. The minimum Gasteiger partial charge on any atom is -0.493 e. The molecule has 4 heteroatoms. The van der Waals surface area contributed by atoms with E-state index in [1.54, 1.807) is 0 Å². The quantitative estimate of drug-likeness (QED) is 0.821. The molecule has 20 heavy (non-hydrogen) atoms. The maximum Gasteiger partial charge on any atom is 0.119 e. The first-order chi connectivity index (χ1) is 9.47. The topological polar surface area (TPSA) is 49.7 Å². The first-order valence-corrected chi connectivity index (χ1v) is 7.64. The lowest BCUT2D eigenvalue weighted by Crippen LogP contribution is -2.20. The van der Waals surface area contributed by atoms with E-state index in [-0.39, 0.29) is 23.3 Å². The fraction of sp³-hybridized carbons (Fsp3) is 0.625. The third-order valence-electron chi connectivity index (χ3n) is 3.90. The van der Waals surface area contributed by atoms with Crippen LogP contribution in [0.1, 0.15) is 38.4 Å². The molecule has 1 aliphatic rings. The molecule has 1 aromatic carbocycles. The van der Waals surface area contributed by atoms with E-state index in [0.717, 1.165) is 17.7 Å². The number of benzene rings is 1. The molecule has 0 heterocycles. The molecule has 0 spiro atoms. The second-order valence-electron chi connectivity index (χ2n) is 5.97. The lowest BCUT2D eigenvalue weighted by atomic mass is 9.99. The second kappa shape index (κ2) is 6.79. The fourth-order valence-corrected chi connectivity index (χ4v) is 3.00. The Bertz CT molecular complexity index is 435. The van der Waals surface area contributed by atoms with E-state index >= 15 is 0 Å². The fourth-order valence-electron chi connectivity index (χ4n) is 2.59. The molecule has 1 aliphatic carbocycles. The van der Waals surface area contributed by atoms with Crippen LogP contribution in [-0.2, 0) is 0 Å². The van der Waals surface area contributed by atoms with Crippen LogP contribution in [0.3, 0.4) is 0 Å². The molecule has 4 atom stereocenters. The Labute approximate surface area is 125 Å². The second-order valence-corrected chi connectivity index (χ2v) is 6.59. The van der Waals surface area contributed by atoms with Crippen molar-refractivity contribution in [2.45, 2.75) is 44.3 Å². The number of ether oxygens (including phenoxy) is 1. The molecule has 0 radical (unpaired) electrons. The number of aliphatic hydroxyl groups excluding tert-OH is 2. The molecular weight excluding hydrogens is 276 g/mol. The van der Waals surface area contributed by atoms with Gasteiger partial charge in [0.1, 0.15) is 5.75 Å². The Morgan fingerprint density at radius 3 is 2.70 bits per heavy atom. The third kappa shape index (κ3) is 3.87. The van der Waals surface area contributed by atoms with Crippen molar-refractivity contribution >= 4 is 11.6 Å². The van der Waals surface area contributed by atoms with Gasteiger partial charge < -0.3 is 14.9 Å². The zero-order chi connectivity index (χ0) is 14.7. The van der Waals surface area contributed by atoms with Crippen molar-refractivity contribution in [3.8, 4) is 5.75 Å². The van der Waals surface area contributed by atoms with Crippen molar-refractivity contribution in [2.75, 3.05) is 6.61 Å². The molecule has 1 saturated carbocycles.